The number of benzene rings is 1. The van der Waals surface area contributed by atoms with Gasteiger partial charge in [-0.25, -0.2) is 18.4 Å². The maximum Gasteiger partial charge on any atom is 0.246 e. The fourth-order valence-electron chi connectivity index (χ4n) is 7.29. The number of methoxy groups -OCH3 is 1. The summed E-state index contributed by atoms with van der Waals surface area (Å²) in [4.78, 5) is 33.5. The molecule has 11 nitrogen and oxygen atoms in total. The van der Waals surface area contributed by atoms with Crippen LogP contribution in [0.4, 0.5) is 23.3 Å². The molecule has 2 atom stereocenters. The highest BCUT2D eigenvalue weighted by Crippen LogP contribution is 2.46. The number of hydrogen-bond donors (Lipinski definition) is 1. The van der Waals surface area contributed by atoms with Crippen LogP contribution >= 0.6 is 0 Å². The van der Waals surface area contributed by atoms with Gasteiger partial charge in [0.15, 0.2) is 0 Å². The topological polar surface area (TPSA) is 121 Å². The van der Waals surface area contributed by atoms with Gasteiger partial charge in [0.05, 0.1) is 17.9 Å². The number of nitrogens with one attached hydrogen (secondary N) is 1. The number of amides is 1. The smallest absolute Gasteiger partial charge is 0.246 e. The molecule has 46 heavy (non-hydrogen) atoms. The predicted octanol–water partition coefficient (Wildman–Crippen LogP) is 4.88. The minimum atomic E-state index is -3.10. The molecule has 3 aromatic rings. The van der Waals surface area contributed by atoms with Gasteiger partial charge in [0, 0.05) is 74.5 Å². The number of piperidine rings is 2. The molecule has 1 aromatic carbocycles. The van der Waals surface area contributed by atoms with Crippen molar-refractivity contribution < 1.29 is 17.9 Å². The summed E-state index contributed by atoms with van der Waals surface area (Å²) >= 11 is 0. The molecular weight excluding hydrogens is 602 g/mol. The fourth-order valence-corrected chi connectivity index (χ4v) is 8.53. The van der Waals surface area contributed by atoms with Gasteiger partial charge in [-0.3, -0.25) is 4.79 Å². The molecule has 2 aromatic heterocycles. The molecule has 1 amide bonds. The molecule has 246 valence electrons. The normalized spacial score (nSPS) is 22.0. The molecule has 0 saturated carbocycles. The van der Waals surface area contributed by atoms with Crippen molar-refractivity contribution in [3.63, 3.8) is 0 Å². The molecule has 0 bridgehead atoms. The summed E-state index contributed by atoms with van der Waals surface area (Å²) < 4.78 is 29.8. The van der Waals surface area contributed by atoms with E-state index in [1.165, 1.54) is 12.3 Å². The van der Waals surface area contributed by atoms with Crippen molar-refractivity contribution in [2.45, 2.75) is 63.6 Å². The van der Waals surface area contributed by atoms with Gasteiger partial charge >= 0.3 is 0 Å². The molecular formula is C34H45N7O4S. The number of anilines is 4. The van der Waals surface area contributed by atoms with E-state index in [1.54, 1.807) is 13.3 Å². The van der Waals surface area contributed by atoms with Gasteiger partial charge in [-0.2, -0.15) is 4.98 Å². The Hall–Kier alpha value is -3.77. The maximum absolute atomic E-state index is 13.0. The predicted molar refractivity (Wildman–Crippen MR) is 182 cm³/mol. The number of rotatable bonds is 9. The van der Waals surface area contributed by atoms with Gasteiger partial charge in [0.2, 0.25) is 11.9 Å². The molecule has 0 aliphatic carbocycles. The first-order valence-corrected chi connectivity index (χ1v) is 18.2. The van der Waals surface area contributed by atoms with Gasteiger partial charge in [0.1, 0.15) is 21.5 Å². The molecule has 0 unspecified atom stereocenters. The molecule has 1 N–H and O–H groups in total. The van der Waals surface area contributed by atoms with E-state index in [1.807, 2.05) is 23.2 Å². The van der Waals surface area contributed by atoms with Crippen molar-refractivity contribution in [1.29, 1.82) is 0 Å². The number of pyridine rings is 1. The fraction of sp³-hybridized carbons (Fsp3) is 0.529. The van der Waals surface area contributed by atoms with Crippen LogP contribution < -0.4 is 15.1 Å². The Kier molecular flexibility index (Phi) is 8.95. The van der Waals surface area contributed by atoms with Crippen LogP contribution in [0, 0.1) is 5.92 Å². The standard InChI is InChI=1S/C34H45N7O4S/c1-6-32(42)40-16-8-7-9-28(40)25-10-11-29(41-21-23(34(41,2)3)22-46(5,43)44)27-20-36-31(19-26(25)27)37-30-12-15-35-33(38-30)39-17-13-24(45-4)14-18-39/h6,10-12,15,19-20,23-24,28H,1,7-9,13-14,16-18,21-22H2,2-5H3,(H,35,36,37,38)/t23-,28-/m1/s1. The van der Waals surface area contributed by atoms with Crippen molar-refractivity contribution in [3.8, 4) is 0 Å². The number of fused-ring (bicyclic) bond motifs is 1. The second kappa shape index (κ2) is 12.8. The van der Waals surface area contributed by atoms with Gasteiger partial charge in [-0.05, 0) is 81.2 Å². The van der Waals surface area contributed by atoms with Crippen LogP contribution in [-0.4, -0.2) is 91.1 Å². The largest absolute Gasteiger partial charge is 0.381 e. The van der Waals surface area contributed by atoms with Gasteiger partial charge in [-0.1, -0.05) is 12.6 Å². The molecule has 12 heteroatoms. The lowest BCUT2D eigenvalue weighted by Gasteiger charge is -2.57. The summed E-state index contributed by atoms with van der Waals surface area (Å²) in [5, 5.41) is 5.38. The highest BCUT2D eigenvalue weighted by molar-refractivity contribution is 7.90. The van der Waals surface area contributed by atoms with Crippen LogP contribution in [0.3, 0.4) is 0 Å². The minimum Gasteiger partial charge on any atom is -0.381 e. The third kappa shape index (κ3) is 6.42. The van der Waals surface area contributed by atoms with Gasteiger partial charge in [-0.15, -0.1) is 0 Å². The number of carbonyl (C=O) groups excluding carboxylic acids is 1. The number of carbonyl (C=O) groups is 1. The number of ether oxygens (including phenoxy) is 1. The summed E-state index contributed by atoms with van der Waals surface area (Å²) in [6.07, 6.45) is 11.3. The summed E-state index contributed by atoms with van der Waals surface area (Å²) in [5.74, 6) is 2.08. The molecule has 0 radical (unpaired) electrons. The zero-order valence-corrected chi connectivity index (χ0v) is 28.1. The van der Waals surface area contributed by atoms with E-state index in [9.17, 15) is 13.2 Å². The lowest BCUT2D eigenvalue weighted by molar-refractivity contribution is -0.129. The Morgan fingerprint density at radius 2 is 1.87 bits per heavy atom. The molecule has 6 rings (SSSR count). The van der Waals surface area contributed by atoms with Crippen molar-refractivity contribution in [2.75, 3.05) is 60.4 Å². The van der Waals surface area contributed by atoms with Crippen LogP contribution in [0.2, 0.25) is 0 Å². The average Bonchev–Trinajstić information content (AvgIpc) is 3.05. The number of sulfone groups is 1. The number of likely N-dealkylation sites (tertiary alicyclic amines) is 1. The van der Waals surface area contributed by atoms with E-state index < -0.39 is 9.84 Å². The van der Waals surface area contributed by atoms with Crippen LogP contribution in [0.25, 0.3) is 10.8 Å². The Morgan fingerprint density at radius 3 is 2.57 bits per heavy atom. The first-order chi connectivity index (χ1) is 22.0. The van der Waals surface area contributed by atoms with E-state index in [2.05, 4.69) is 52.7 Å². The van der Waals surface area contributed by atoms with Crippen LogP contribution in [0.5, 0.6) is 0 Å². The lowest BCUT2D eigenvalue weighted by Crippen LogP contribution is -2.66. The number of nitrogens with zero attached hydrogens (tertiary/aromatic N) is 6. The number of hydrogen-bond acceptors (Lipinski definition) is 10. The van der Waals surface area contributed by atoms with Crippen molar-refractivity contribution in [2.24, 2.45) is 5.92 Å². The lowest BCUT2D eigenvalue weighted by atomic mass is 9.77. The summed E-state index contributed by atoms with van der Waals surface area (Å²) in [5.41, 5.74) is 1.72. The van der Waals surface area contributed by atoms with E-state index in [0.29, 0.717) is 30.7 Å². The zero-order valence-electron chi connectivity index (χ0n) is 27.3. The molecule has 3 saturated heterocycles. The van der Waals surface area contributed by atoms with Crippen molar-refractivity contribution in [3.05, 3.63) is 54.9 Å². The zero-order chi connectivity index (χ0) is 32.6. The third-order valence-electron chi connectivity index (χ3n) is 10.1. The average molecular weight is 648 g/mol. The van der Waals surface area contributed by atoms with Crippen molar-refractivity contribution >= 4 is 49.8 Å². The summed E-state index contributed by atoms with van der Waals surface area (Å²) in [7, 11) is -1.34. The van der Waals surface area contributed by atoms with Crippen LogP contribution in [-0.2, 0) is 19.4 Å². The molecule has 3 aliphatic rings. The molecule has 5 heterocycles. The van der Waals surface area contributed by atoms with E-state index in [-0.39, 0.29) is 35.3 Å². The summed E-state index contributed by atoms with van der Waals surface area (Å²) in [6, 6.07) is 8.04. The monoisotopic (exact) mass is 647 g/mol. The molecule has 0 spiro atoms. The van der Waals surface area contributed by atoms with Crippen molar-refractivity contribution in [1.82, 2.24) is 19.9 Å². The van der Waals surface area contributed by atoms with Gasteiger partial charge < -0.3 is 24.8 Å². The Bertz CT molecular complexity index is 1720. The Balaban J connectivity index is 1.36. The van der Waals surface area contributed by atoms with Gasteiger partial charge in [0.25, 0.3) is 0 Å². The number of aromatic nitrogens is 3. The van der Waals surface area contributed by atoms with Crippen LogP contribution in [0.1, 0.15) is 57.6 Å². The van der Waals surface area contributed by atoms with E-state index >= 15 is 0 Å². The highest BCUT2D eigenvalue weighted by atomic mass is 32.2. The summed E-state index contributed by atoms with van der Waals surface area (Å²) in [6.45, 7) is 11.0. The van der Waals surface area contributed by atoms with E-state index in [0.717, 1.165) is 67.2 Å². The Labute approximate surface area is 272 Å². The SMILES string of the molecule is C=CC(=O)N1CCCC[C@@H]1c1ccc(N2C[C@H](CS(C)(=O)=O)C2(C)C)c2cnc(Nc3ccnc(N4CCC(OC)CC4)n3)cc12. The molecule has 3 fully saturated rings. The molecule has 3 aliphatic heterocycles. The second-order valence-electron chi connectivity index (χ2n) is 13.4. The first kappa shape index (κ1) is 32.2. The minimum absolute atomic E-state index is 0.0254. The second-order valence-corrected chi connectivity index (χ2v) is 15.6. The first-order valence-electron chi connectivity index (χ1n) is 16.2. The quantitative estimate of drug-likeness (QED) is 0.322. The maximum atomic E-state index is 13.0. The van der Waals surface area contributed by atoms with Crippen LogP contribution in [0.15, 0.2) is 49.3 Å². The third-order valence-corrected chi connectivity index (χ3v) is 11.1. The van der Waals surface area contributed by atoms with E-state index in [4.69, 9.17) is 14.7 Å². The highest BCUT2D eigenvalue weighted by Gasteiger charge is 2.48. The Morgan fingerprint density at radius 1 is 1.09 bits per heavy atom.